The summed E-state index contributed by atoms with van der Waals surface area (Å²) in [5, 5.41) is 25.5. The predicted molar refractivity (Wildman–Crippen MR) is 164 cm³/mol. The van der Waals surface area contributed by atoms with Crippen LogP contribution < -0.4 is 11.1 Å². The topological polar surface area (TPSA) is 125 Å². The number of amides is 1. The van der Waals surface area contributed by atoms with Crippen molar-refractivity contribution in [2.75, 3.05) is 18.6 Å². The zero-order chi connectivity index (χ0) is 28.9. The van der Waals surface area contributed by atoms with Crippen molar-refractivity contribution in [1.29, 1.82) is 0 Å². The number of hydrogen-bond donors (Lipinski definition) is 5. The number of fused-ring (bicyclic) bond motifs is 5. The molecule has 7 nitrogen and oxygen atoms in total. The summed E-state index contributed by atoms with van der Waals surface area (Å²) >= 11 is 5.75. The lowest BCUT2D eigenvalue weighted by atomic mass is 9.45. The van der Waals surface area contributed by atoms with Crippen molar-refractivity contribution in [3.8, 4) is 0 Å². The highest BCUT2D eigenvalue weighted by atomic mass is 32.2. The van der Waals surface area contributed by atoms with Crippen LogP contribution in [0.25, 0.3) is 0 Å². The molecule has 2 unspecified atom stereocenters. The van der Waals surface area contributed by atoms with Gasteiger partial charge in [-0.15, -0.1) is 12.6 Å². The Balaban J connectivity index is 1.45. The van der Waals surface area contributed by atoms with E-state index >= 15 is 0 Å². The lowest BCUT2D eigenvalue weighted by molar-refractivity contribution is -0.173. The molecular weight excluding hydrogens is 542 g/mol. The number of nitrogens with one attached hydrogen (secondary N) is 1. The third kappa shape index (κ3) is 4.67. The average molecular weight is 584 g/mol. The minimum atomic E-state index is -1.50. The standard InChI is InChI=1S/C31H41N3O4S2/c1-29-15-19(17-32)24(34-21-6-4-5-18(13-21)27(36)33-11-12-40-3)14-20(29)7-8-22-23-9-10-31(38,28(37)39)30(23,2)16-25(35)26(22)29/h4-6,13-14,17,22-23,25-26,35,38H,7-12,15-16,32H2,1-3H3,(H,33,36)(H,37,39)/t22-,23?,25-,26?,29-,30-,31-/m0/s1. The average Bonchev–Trinajstić information content (AvgIpc) is 3.19. The Bertz CT molecular complexity index is 1290. The van der Waals surface area contributed by atoms with Crippen LogP contribution in [0.1, 0.15) is 62.7 Å². The molecular formula is C31H41N3O4S2. The van der Waals surface area contributed by atoms with Crippen LogP contribution in [0.4, 0.5) is 5.69 Å². The molecule has 4 aliphatic rings. The summed E-state index contributed by atoms with van der Waals surface area (Å²) in [5.41, 5.74) is 7.89. The Morgan fingerprint density at radius 3 is 2.77 bits per heavy atom. The van der Waals surface area contributed by atoms with E-state index in [0.29, 0.717) is 37.1 Å². The van der Waals surface area contributed by atoms with E-state index in [1.807, 2.05) is 25.3 Å². The van der Waals surface area contributed by atoms with Gasteiger partial charge in [-0.2, -0.15) is 11.8 Å². The fourth-order valence-electron chi connectivity index (χ4n) is 8.52. The Hall–Kier alpha value is -2.07. The number of nitrogens with two attached hydrogens (primary N) is 1. The zero-order valence-corrected chi connectivity index (χ0v) is 25.2. The number of nitrogens with zero attached hydrogens (tertiary/aromatic N) is 1. The van der Waals surface area contributed by atoms with Gasteiger partial charge in [-0.1, -0.05) is 25.5 Å². The van der Waals surface area contributed by atoms with Crippen molar-refractivity contribution in [1.82, 2.24) is 5.32 Å². The molecule has 0 aromatic heterocycles. The molecule has 216 valence electrons. The highest BCUT2D eigenvalue weighted by Gasteiger charge is 2.68. The molecule has 3 fully saturated rings. The number of aliphatic hydroxyl groups is 2. The molecule has 0 aliphatic heterocycles. The molecule has 0 radical (unpaired) electrons. The van der Waals surface area contributed by atoms with Gasteiger partial charge >= 0.3 is 0 Å². The fourth-order valence-corrected chi connectivity index (χ4v) is 9.19. The number of thioether (sulfide) groups is 1. The van der Waals surface area contributed by atoms with Gasteiger partial charge in [0.25, 0.3) is 5.91 Å². The van der Waals surface area contributed by atoms with Crippen LogP contribution in [0, 0.1) is 28.6 Å². The molecule has 0 heterocycles. The Morgan fingerprint density at radius 2 is 2.08 bits per heavy atom. The number of rotatable bonds is 6. The molecule has 0 bridgehead atoms. The quantitative estimate of drug-likeness (QED) is 0.249. The zero-order valence-electron chi connectivity index (χ0n) is 23.5. The lowest BCUT2D eigenvalue weighted by Crippen LogP contribution is -2.61. The highest BCUT2D eigenvalue weighted by molar-refractivity contribution is 7.98. The SMILES string of the molecule is CSCCNC(=O)c1cccc(N=C2C=C3CC[C@@H]4C([C@@H](O)C[C@@]5(C)C4CC[C@]5(O)C(=O)S)[C@@]3(C)CC2=CN)c1. The van der Waals surface area contributed by atoms with E-state index in [1.165, 1.54) is 5.57 Å². The Labute approximate surface area is 246 Å². The first kappa shape index (κ1) is 29.4. The van der Waals surface area contributed by atoms with Gasteiger partial charge in [-0.05, 0) is 104 Å². The first-order valence-corrected chi connectivity index (χ1v) is 16.0. The molecule has 0 spiro atoms. The van der Waals surface area contributed by atoms with Crippen LogP contribution in [0.3, 0.4) is 0 Å². The maximum Gasteiger partial charge on any atom is 0.251 e. The molecule has 9 heteroatoms. The van der Waals surface area contributed by atoms with E-state index in [4.69, 9.17) is 10.7 Å². The summed E-state index contributed by atoms with van der Waals surface area (Å²) in [6.45, 7) is 4.81. The van der Waals surface area contributed by atoms with E-state index in [2.05, 4.69) is 30.9 Å². The van der Waals surface area contributed by atoms with Gasteiger partial charge in [0.1, 0.15) is 5.60 Å². The molecule has 4 aliphatic carbocycles. The molecule has 7 atom stereocenters. The number of thiol groups is 1. The molecule has 5 N–H and O–H groups in total. The fraction of sp³-hybridized carbons (Fsp3) is 0.581. The van der Waals surface area contributed by atoms with Gasteiger partial charge in [0.2, 0.25) is 5.12 Å². The van der Waals surface area contributed by atoms with Crippen LogP contribution in [0.15, 0.2) is 52.7 Å². The molecule has 0 saturated heterocycles. The third-order valence-electron chi connectivity index (χ3n) is 10.5. The monoisotopic (exact) mass is 583 g/mol. The van der Waals surface area contributed by atoms with Gasteiger partial charge in [0.15, 0.2) is 0 Å². The summed E-state index contributed by atoms with van der Waals surface area (Å²) < 4.78 is 0. The molecule has 40 heavy (non-hydrogen) atoms. The van der Waals surface area contributed by atoms with Gasteiger partial charge in [0.05, 0.1) is 17.5 Å². The van der Waals surface area contributed by atoms with Crippen molar-refractivity contribution in [2.45, 2.75) is 64.1 Å². The van der Waals surface area contributed by atoms with Crippen molar-refractivity contribution < 1.29 is 19.8 Å². The largest absolute Gasteiger partial charge is 0.404 e. The first-order chi connectivity index (χ1) is 19.0. The maximum absolute atomic E-state index is 12.6. The van der Waals surface area contributed by atoms with Gasteiger partial charge in [-0.3, -0.25) is 9.59 Å². The molecule has 3 saturated carbocycles. The Morgan fingerprint density at radius 1 is 1.30 bits per heavy atom. The summed E-state index contributed by atoms with van der Waals surface area (Å²) in [4.78, 5) is 29.9. The van der Waals surface area contributed by atoms with E-state index < -0.39 is 22.2 Å². The minimum Gasteiger partial charge on any atom is -0.404 e. The van der Waals surface area contributed by atoms with Gasteiger partial charge < -0.3 is 21.3 Å². The molecule has 1 amide bonds. The van der Waals surface area contributed by atoms with E-state index in [1.54, 1.807) is 30.1 Å². The van der Waals surface area contributed by atoms with E-state index in [0.717, 1.165) is 36.3 Å². The number of carbonyl (C=O) groups excluding carboxylic acids is 2. The Kier molecular flexibility index (Phi) is 8.07. The van der Waals surface area contributed by atoms with Crippen molar-refractivity contribution in [3.05, 3.63) is 53.3 Å². The third-order valence-corrected chi connectivity index (χ3v) is 11.5. The number of aliphatic hydroxyl groups excluding tert-OH is 1. The summed E-state index contributed by atoms with van der Waals surface area (Å²) in [6.07, 6.45) is 9.03. The van der Waals surface area contributed by atoms with Gasteiger partial charge in [0, 0.05) is 23.3 Å². The van der Waals surface area contributed by atoms with Gasteiger partial charge in [-0.25, -0.2) is 4.99 Å². The molecule has 5 rings (SSSR count). The van der Waals surface area contributed by atoms with Crippen molar-refractivity contribution in [2.24, 2.45) is 39.3 Å². The normalized spacial score (nSPS) is 38.8. The van der Waals surface area contributed by atoms with Crippen LogP contribution in [0.5, 0.6) is 0 Å². The molecule has 1 aromatic carbocycles. The maximum atomic E-state index is 12.6. The second kappa shape index (κ2) is 11.0. The van der Waals surface area contributed by atoms with Crippen LogP contribution >= 0.6 is 24.4 Å². The lowest BCUT2D eigenvalue weighted by Gasteiger charge is -2.60. The van der Waals surface area contributed by atoms with Crippen LogP contribution in [0.2, 0.25) is 0 Å². The number of benzene rings is 1. The van der Waals surface area contributed by atoms with E-state index in [-0.39, 0.29) is 29.1 Å². The number of allylic oxidation sites excluding steroid dienone is 3. The number of hydrogen-bond acceptors (Lipinski definition) is 7. The smallest absolute Gasteiger partial charge is 0.251 e. The van der Waals surface area contributed by atoms with Crippen LogP contribution in [-0.4, -0.2) is 57.2 Å². The second-order valence-corrected chi connectivity index (χ2v) is 13.9. The second-order valence-electron chi connectivity index (χ2n) is 12.5. The predicted octanol–water partition coefficient (Wildman–Crippen LogP) is 4.43. The summed E-state index contributed by atoms with van der Waals surface area (Å²) in [6, 6.07) is 7.32. The van der Waals surface area contributed by atoms with Crippen molar-refractivity contribution in [3.63, 3.8) is 0 Å². The minimum absolute atomic E-state index is 0.00671. The van der Waals surface area contributed by atoms with Crippen LogP contribution in [-0.2, 0) is 4.79 Å². The molecule has 1 aromatic rings. The summed E-state index contributed by atoms with van der Waals surface area (Å²) in [5.74, 6) is 1.07. The highest BCUT2D eigenvalue weighted by Crippen LogP contribution is 2.68. The number of carbonyl (C=O) groups is 2. The van der Waals surface area contributed by atoms with E-state index in [9.17, 15) is 19.8 Å². The first-order valence-electron chi connectivity index (χ1n) is 14.2. The van der Waals surface area contributed by atoms with Crippen molar-refractivity contribution >= 4 is 46.8 Å². The summed E-state index contributed by atoms with van der Waals surface area (Å²) in [7, 11) is 0. The number of aliphatic imine (C=N–C) groups is 1.